The van der Waals surface area contributed by atoms with Crippen molar-refractivity contribution < 1.29 is 27.3 Å². The third-order valence-electron chi connectivity index (χ3n) is 6.00. The molecule has 1 N–H and O–H groups in total. The number of nitrogens with one attached hydrogen (secondary N) is 1. The van der Waals surface area contributed by atoms with E-state index in [0.717, 1.165) is 24.8 Å². The van der Waals surface area contributed by atoms with Gasteiger partial charge in [0.1, 0.15) is 17.8 Å². The number of hydrogen-bond acceptors (Lipinski definition) is 7. The zero-order valence-corrected chi connectivity index (χ0v) is 19.3. The first kappa shape index (κ1) is 22.3. The van der Waals surface area contributed by atoms with Crippen molar-refractivity contribution in [1.29, 1.82) is 0 Å². The zero-order valence-electron chi connectivity index (χ0n) is 18.5. The van der Waals surface area contributed by atoms with E-state index in [0.29, 0.717) is 11.5 Å². The van der Waals surface area contributed by atoms with Crippen molar-refractivity contribution in [1.82, 2.24) is 19.2 Å². The van der Waals surface area contributed by atoms with Crippen LogP contribution in [-0.2, 0) is 23.3 Å². The molecule has 2 aromatic heterocycles. The van der Waals surface area contributed by atoms with Crippen LogP contribution >= 0.6 is 0 Å². The van der Waals surface area contributed by atoms with Crippen LogP contribution in [0.3, 0.4) is 0 Å². The molecule has 2 aliphatic rings. The van der Waals surface area contributed by atoms with Gasteiger partial charge in [0, 0.05) is 37.5 Å². The number of carbonyl (C=O) groups is 1. The smallest absolute Gasteiger partial charge is 0.416 e. The first-order chi connectivity index (χ1) is 16.4. The summed E-state index contributed by atoms with van der Waals surface area (Å²) in [5.74, 6) is -0.00239. The minimum Gasteiger partial charge on any atom is -0.417 e. The number of amides is 1. The lowest BCUT2D eigenvalue weighted by Gasteiger charge is -2.52. The summed E-state index contributed by atoms with van der Waals surface area (Å²) in [6, 6.07) is 6.73. The summed E-state index contributed by atoms with van der Waals surface area (Å²) in [6.45, 7) is -0.0233. The van der Waals surface area contributed by atoms with Crippen LogP contribution in [0.4, 0.5) is 15.0 Å². The SMILES string of the molecule is CN(C)S(=O)Nc1nccc(CN2C(=O)Oc3cc(Oc4ncco4)ccc3C23CCC3)c1F. The fourth-order valence-corrected chi connectivity index (χ4v) is 4.64. The number of fused-ring (bicyclic) bond motifs is 2. The lowest BCUT2D eigenvalue weighted by atomic mass is 9.69. The Hall–Kier alpha value is -3.51. The molecule has 1 spiro atoms. The van der Waals surface area contributed by atoms with E-state index in [9.17, 15) is 9.00 Å². The molecule has 0 radical (unpaired) electrons. The number of pyridine rings is 1. The molecule has 3 aromatic rings. The van der Waals surface area contributed by atoms with E-state index in [4.69, 9.17) is 13.9 Å². The molecule has 1 amide bonds. The van der Waals surface area contributed by atoms with Crippen LogP contribution in [0, 0.1) is 5.82 Å². The monoisotopic (exact) mass is 487 g/mol. The van der Waals surface area contributed by atoms with Crippen molar-refractivity contribution in [2.45, 2.75) is 31.3 Å². The second-order valence-corrected chi connectivity index (χ2v) is 9.63. The van der Waals surface area contributed by atoms with Gasteiger partial charge in [0.2, 0.25) is 0 Å². The third kappa shape index (κ3) is 3.88. The number of ether oxygens (including phenoxy) is 2. The van der Waals surface area contributed by atoms with Crippen LogP contribution in [0.1, 0.15) is 30.4 Å². The Bertz CT molecular complexity index is 1250. The van der Waals surface area contributed by atoms with E-state index in [1.807, 2.05) is 6.07 Å². The van der Waals surface area contributed by atoms with E-state index in [1.54, 1.807) is 31.1 Å². The molecule has 10 nitrogen and oxygen atoms in total. The maximum Gasteiger partial charge on any atom is 0.416 e. The van der Waals surface area contributed by atoms with Gasteiger partial charge in [0.05, 0.1) is 18.3 Å². The van der Waals surface area contributed by atoms with Gasteiger partial charge in [-0.05, 0) is 37.5 Å². The molecule has 1 aromatic carbocycles. The summed E-state index contributed by atoms with van der Waals surface area (Å²) in [5, 5.41) is 0. The standard InChI is InChI=1S/C22H22FN5O5S/c1-27(2)34(30)26-19-18(23)14(6-9-24-19)13-28-21(29)33-17-12-15(32-20-25-10-11-31-20)4-5-16(17)22(28)7-3-8-22/h4-6,9-12H,3,7-8,13H2,1-2H3,(H,24,26). The van der Waals surface area contributed by atoms with E-state index >= 15 is 4.39 Å². The second kappa shape index (κ2) is 8.69. The predicted octanol–water partition coefficient (Wildman–Crippen LogP) is 3.95. The number of aromatic nitrogens is 2. The van der Waals surface area contributed by atoms with Gasteiger partial charge in [0.25, 0.3) is 0 Å². The lowest BCUT2D eigenvalue weighted by Crippen LogP contribution is -2.57. The van der Waals surface area contributed by atoms with Crippen LogP contribution in [-0.4, -0.2) is 43.6 Å². The molecule has 1 fully saturated rings. The van der Waals surface area contributed by atoms with Crippen LogP contribution in [0.15, 0.2) is 47.3 Å². The Morgan fingerprint density at radius 1 is 1.26 bits per heavy atom. The molecular weight excluding hydrogens is 465 g/mol. The number of oxazole rings is 1. The summed E-state index contributed by atoms with van der Waals surface area (Å²) in [7, 11) is 3.18. The molecule has 5 rings (SSSR count). The third-order valence-corrected chi connectivity index (χ3v) is 7.03. The topological polar surface area (TPSA) is 110 Å². The Morgan fingerprint density at radius 2 is 2.09 bits per heavy atom. The summed E-state index contributed by atoms with van der Waals surface area (Å²) < 4.78 is 47.5. The fraction of sp³-hybridized carbons (Fsp3) is 0.318. The molecule has 3 heterocycles. The lowest BCUT2D eigenvalue weighted by molar-refractivity contribution is 0.00111. The van der Waals surface area contributed by atoms with Gasteiger partial charge in [-0.3, -0.25) is 9.62 Å². The van der Waals surface area contributed by atoms with Gasteiger partial charge in [-0.1, -0.05) is 0 Å². The Balaban J connectivity index is 1.43. The highest BCUT2D eigenvalue weighted by molar-refractivity contribution is 7.83. The summed E-state index contributed by atoms with van der Waals surface area (Å²) in [4.78, 5) is 22.5. The van der Waals surface area contributed by atoms with Crippen molar-refractivity contribution in [2.24, 2.45) is 0 Å². The minimum absolute atomic E-state index is 0.0233. The van der Waals surface area contributed by atoms with Crippen LogP contribution in [0.5, 0.6) is 17.6 Å². The number of benzene rings is 1. The number of hydrogen-bond donors (Lipinski definition) is 1. The molecule has 0 bridgehead atoms. The van der Waals surface area contributed by atoms with E-state index in [-0.39, 0.29) is 24.0 Å². The average Bonchev–Trinajstić information content (AvgIpc) is 3.28. The van der Waals surface area contributed by atoms with Crippen molar-refractivity contribution in [2.75, 3.05) is 18.8 Å². The first-order valence-corrected chi connectivity index (χ1v) is 11.7. The highest BCUT2D eigenvalue weighted by Crippen LogP contribution is 2.53. The molecule has 1 atom stereocenters. The summed E-state index contributed by atoms with van der Waals surface area (Å²) >= 11 is -1.65. The number of anilines is 1. The molecule has 1 aliphatic carbocycles. The normalized spacial score (nSPS) is 17.2. The van der Waals surface area contributed by atoms with Gasteiger partial charge in [-0.25, -0.2) is 22.7 Å². The van der Waals surface area contributed by atoms with E-state index < -0.39 is 28.6 Å². The number of nitrogens with zero attached hydrogens (tertiary/aromatic N) is 4. The highest BCUT2D eigenvalue weighted by Gasteiger charge is 2.51. The van der Waals surface area contributed by atoms with Gasteiger partial charge in [0.15, 0.2) is 22.8 Å². The molecule has 12 heteroatoms. The summed E-state index contributed by atoms with van der Waals surface area (Å²) in [6.07, 6.45) is 6.13. The van der Waals surface area contributed by atoms with Crippen molar-refractivity contribution in [3.8, 4) is 17.6 Å². The quantitative estimate of drug-likeness (QED) is 0.537. The van der Waals surface area contributed by atoms with E-state index in [1.165, 1.54) is 29.0 Å². The van der Waals surface area contributed by atoms with Gasteiger partial charge >= 0.3 is 12.2 Å². The molecule has 0 saturated heterocycles. The van der Waals surface area contributed by atoms with E-state index in [2.05, 4.69) is 14.7 Å². The van der Waals surface area contributed by atoms with Crippen LogP contribution in [0.2, 0.25) is 0 Å². The highest BCUT2D eigenvalue weighted by atomic mass is 32.2. The van der Waals surface area contributed by atoms with Crippen molar-refractivity contribution >= 4 is 23.1 Å². The maximum absolute atomic E-state index is 15.2. The molecule has 1 saturated carbocycles. The Morgan fingerprint density at radius 3 is 2.76 bits per heavy atom. The van der Waals surface area contributed by atoms with Gasteiger partial charge in [-0.2, -0.15) is 4.98 Å². The average molecular weight is 488 g/mol. The van der Waals surface area contributed by atoms with Crippen LogP contribution in [0.25, 0.3) is 0 Å². The maximum atomic E-state index is 15.2. The van der Waals surface area contributed by atoms with Gasteiger partial charge < -0.3 is 13.9 Å². The van der Waals surface area contributed by atoms with Gasteiger partial charge in [-0.15, -0.1) is 0 Å². The first-order valence-electron chi connectivity index (χ1n) is 10.6. The summed E-state index contributed by atoms with van der Waals surface area (Å²) in [5.41, 5.74) is 0.463. The second-order valence-electron chi connectivity index (χ2n) is 8.19. The van der Waals surface area contributed by atoms with Crippen molar-refractivity contribution in [3.05, 3.63) is 59.9 Å². The molecular formula is C22H22FN5O5S. The van der Waals surface area contributed by atoms with Crippen molar-refractivity contribution in [3.63, 3.8) is 0 Å². The molecule has 1 aliphatic heterocycles. The largest absolute Gasteiger partial charge is 0.417 e. The minimum atomic E-state index is -1.65. The zero-order chi connectivity index (χ0) is 23.9. The Labute approximate surface area is 197 Å². The number of rotatable bonds is 7. The molecule has 1 unspecified atom stereocenters. The number of carbonyl (C=O) groups excluding carboxylic acids is 1. The molecule has 34 heavy (non-hydrogen) atoms. The fourth-order valence-electron chi connectivity index (χ4n) is 4.15. The molecule has 178 valence electrons. The number of halogens is 1. The predicted molar refractivity (Wildman–Crippen MR) is 120 cm³/mol. The van der Waals surface area contributed by atoms with Crippen LogP contribution < -0.4 is 14.2 Å². The Kier molecular flexibility index (Phi) is 5.70.